The third-order valence-corrected chi connectivity index (χ3v) is 3.23. The van der Waals surface area contributed by atoms with Crippen LogP contribution in [0, 0.1) is 12.8 Å². The normalized spacial score (nSPS) is 12.8. The van der Waals surface area contributed by atoms with Crippen LogP contribution >= 0.6 is 0 Å². The van der Waals surface area contributed by atoms with Crippen LogP contribution in [0.15, 0.2) is 12.3 Å². The van der Waals surface area contributed by atoms with Crippen molar-refractivity contribution in [3.63, 3.8) is 0 Å². The molecular weight excluding hydrogens is 256 g/mol. The van der Waals surface area contributed by atoms with Crippen LogP contribution in [0.5, 0.6) is 0 Å². The highest BCUT2D eigenvalue weighted by Gasteiger charge is 2.20. The van der Waals surface area contributed by atoms with Crippen molar-refractivity contribution in [1.82, 2.24) is 14.8 Å². The molecule has 0 radical (unpaired) electrons. The van der Waals surface area contributed by atoms with Crippen LogP contribution in [0.25, 0.3) is 11.0 Å². The Kier molecular flexibility index (Phi) is 3.92. The Bertz CT molecular complexity index is 633. The van der Waals surface area contributed by atoms with Crippen molar-refractivity contribution in [3.8, 4) is 0 Å². The highest BCUT2D eigenvalue weighted by molar-refractivity contribution is 5.93. The van der Waals surface area contributed by atoms with Gasteiger partial charge in [0.2, 0.25) is 0 Å². The molecule has 6 nitrogen and oxygen atoms in total. The van der Waals surface area contributed by atoms with Gasteiger partial charge in [-0.1, -0.05) is 13.8 Å². The Morgan fingerprint density at radius 3 is 2.80 bits per heavy atom. The molecule has 2 aromatic heterocycles. The van der Waals surface area contributed by atoms with Crippen LogP contribution in [0.4, 0.5) is 5.69 Å². The number of carboxylic acid groups (broad SMARTS) is 1. The second-order valence-corrected chi connectivity index (χ2v) is 5.43. The fraction of sp³-hybridized carbons (Fsp3) is 0.500. The highest BCUT2D eigenvalue weighted by atomic mass is 16.4. The fourth-order valence-corrected chi connectivity index (χ4v) is 2.38. The number of hydrogen-bond acceptors (Lipinski definition) is 4. The summed E-state index contributed by atoms with van der Waals surface area (Å²) in [6.45, 7) is 5.91. The van der Waals surface area contributed by atoms with E-state index in [0.717, 1.165) is 22.4 Å². The number of aliphatic carboxylic acids is 1. The Morgan fingerprint density at radius 2 is 2.20 bits per heavy atom. The van der Waals surface area contributed by atoms with Crippen LogP contribution in [0.3, 0.4) is 0 Å². The monoisotopic (exact) mass is 276 g/mol. The Morgan fingerprint density at radius 1 is 1.50 bits per heavy atom. The topological polar surface area (TPSA) is 80.0 Å². The van der Waals surface area contributed by atoms with Crippen molar-refractivity contribution in [2.24, 2.45) is 13.0 Å². The minimum Gasteiger partial charge on any atom is -0.480 e. The van der Waals surface area contributed by atoms with Gasteiger partial charge in [0.1, 0.15) is 6.04 Å². The number of nitrogens with zero attached hydrogens (tertiary/aromatic N) is 3. The maximum Gasteiger partial charge on any atom is 0.326 e. The molecule has 108 valence electrons. The van der Waals surface area contributed by atoms with E-state index in [1.165, 1.54) is 0 Å². The summed E-state index contributed by atoms with van der Waals surface area (Å²) < 4.78 is 1.70. The average Bonchev–Trinajstić information content (AvgIpc) is 2.64. The molecule has 0 aliphatic heterocycles. The van der Waals surface area contributed by atoms with E-state index < -0.39 is 12.0 Å². The molecule has 1 atom stereocenters. The van der Waals surface area contributed by atoms with Gasteiger partial charge in [-0.25, -0.2) is 9.78 Å². The molecule has 0 saturated carbocycles. The summed E-state index contributed by atoms with van der Waals surface area (Å²) in [5, 5.41) is 17.7. The third kappa shape index (κ3) is 2.74. The minimum absolute atomic E-state index is 0.302. The van der Waals surface area contributed by atoms with E-state index >= 15 is 0 Å². The molecule has 0 aliphatic rings. The number of aryl methyl sites for hydroxylation is 2. The summed E-state index contributed by atoms with van der Waals surface area (Å²) >= 11 is 0. The molecule has 0 spiro atoms. The second-order valence-electron chi connectivity index (χ2n) is 5.43. The van der Waals surface area contributed by atoms with E-state index in [2.05, 4.69) is 15.4 Å². The van der Waals surface area contributed by atoms with E-state index in [0.29, 0.717) is 12.3 Å². The first kappa shape index (κ1) is 14.3. The molecule has 2 heterocycles. The van der Waals surface area contributed by atoms with Crippen molar-refractivity contribution in [3.05, 3.63) is 18.0 Å². The van der Waals surface area contributed by atoms with Gasteiger partial charge in [0.15, 0.2) is 5.65 Å². The predicted octanol–water partition coefficient (Wildman–Crippen LogP) is 2.19. The number of fused-ring (bicyclic) bond motifs is 1. The highest BCUT2D eigenvalue weighted by Crippen LogP contribution is 2.25. The van der Waals surface area contributed by atoms with Crippen LogP contribution in [0.1, 0.15) is 26.0 Å². The standard InChI is InChI=1S/C14H20N4O2/c1-8(2)7-11(14(19)20)16-10-5-6-15-13-12(10)9(3)17-18(13)4/h5-6,8,11H,7H2,1-4H3,(H,15,16)(H,19,20)/t11-/m1/s1. The minimum atomic E-state index is -0.842. The van der Waals surface area contributed by atoms with Crippen molar-refractivity contribution >= 4 is 22.7 Å². The molecule has 0 fully saturated rings. The molecule has 20 heavy (non-hydrogen) atoms. The molecular formula is C14H20N4O2. The molecule has 2 rings (SSSR count). The lowest BCUT2D eigenvalue weighted by Gasteiger charge is -2.18. The van der Waals surface area contributed by atoms with Gasteiger partial charge in [-0.2, -0.15) is 5.10 Å². The van der Waals surface area contributed by atoms with Gasteiger partial charge in [0, 0.05) is 18.9 Å². The summed E-state index contributed by atoms with van der Waals surface area (Å²) in [6.07, 6.45) is 2.23. The molecule has 6 heteroatoms. The quantitative estimate of drug-likeness (QED) is 0.875. The Balaban J connectivity index is 2.39. The van der Waals surface area contributed by atoms with Crippen LogP contribution < -0.4 is 5.32 Å². The fourth-order valence-electron chi connectivity index (χ4n) is 2.38. The van der Waals surface area contributed by atoms with E-state index in [4.69, 9.17) is 0 Å². The lowest BCUT2D eigenvalue weighted by atomic mass is 10.0. The smallest absolute Gasteiger partial charge is 0.326 e. The molecule has 0 amide bonds. The number of anilines is 1. The summed E-state index contributed by atoms with van der Waals surface area (Å²) in [6, 6.07) is 1.19. The van der Waals surface area contributed by atoms with Gasteiger partial charge in [0.05, 0.1) is 11.1 Å². The SMILES string of the molecule is Cc1nn(C)c2nccc(N[C@H](CC(C)C)C(=O)O)c12. The summed E-state index contributed by atoms with van der Waals surface area (Å²) in [4.78, 5) is 15.7. The van der Waals surface area contributed by atoms with E-state index in [1.54, 1.807) is 16.9 Å². The van der Waals surface area contributed by atoms with Crippen molar-refractivity contribution in [2.75, 3.05) is 5.32 Å². The predicted molar refractivity (Wildman–Crippen MR) is 77.7 cm³/mol. The average molecular weight is 276 g/mol. The van der Waals surface area contributed by atoms with Crippen molar-refractivity contribution in [2.45, 2.75) is 33.2 Å². The first-order valence-electron chi connectivity index (χ1n) is 6.67. The van der Waals surface area contributed by atoms with Crippen LogP contribution in [0.2, 0.25) is 0 Å². The van der Waals surface area contributed by atoms with E-state index in [-0.39, 0.29) is 0 Å². The molecule has 0 aromatic carbocycles. The second kappa shape index (κ2) is 5.48. The van der Waals surface area contributed by atoms with Gasteiger partial charge in [-0.05, 0) is 25.3 Å². The van der Waals surface area contributed by atoms with Gasteiger partial charge in [0.25, 0.3) is 0 Å². The Labute approximate surface area is 117 Å². The summed E-state index contributed by atoms with van der Waals surface area (Å²) in [5.41, 5.74) is 2.36. The molecule has 0 bridgehead atoms. The number of hydrogen-bond donors (Lipinski definition) is 2. The first-order valence-corrected chi connectivity index (χ1v) is 6.67. The maximum atomic E-state index is 11.4. The molecule has 2 aromatic rings. The van der Waals surface area contributed by atoms with Crippen LogP contribution in [-0.2, 0) is 11.8 Å². The number of pyridine rings is 1. The van der Waals surface area contributed by atoms with Crippen molar-refractivity contribution in [1.29, 1.82) is 0 Å². The molecule has 0 unspecified atom stereocenters. The number of nitrogens with one attached hydrogen (secondary N) is 1. The third-order valence-electron chi connectivity index (χ3n) is 3.23. The van der Waals surface area contributed by atoms with Gasteiger partial charge >= 0.3 is 5.97 Å². The number of carbonyl (C=O) groups is 1. The summed E-state index contributed by atoms with van der Waals surface area (Å²) in [5.74, 6) is -0.541. The van der Waals surface area contributed by atoms with Gasteiger partial charge in [-0.15, -0.1) is 0 Å². The zero-order chi connectivity index (χ0) is 14.9. The lowest BCUT2D eigenvalue weighted by molar-refractivity contribution is -0.138. The van der Waals surface area contributed by atoms with Gasteiger partial charge < -0.3 is 10.4 Å². The zero-order valence-electron chi connectivity index (χ0n) is 12.2. The zero-order valence-corrected chi connectivity index (χ0v) is 12.2. The maximum absolute atomic E-state index is 11.4. The van der Waals surface area contributed by atoms with E-state index in [9.17, 15) is 9.90 Å². The number of carboxylic acids is 1. The van der Waals surface area contributed by atoms with Crippen LogP contribution in [-0.4, -0.2) is 31.9 Å². The number of rotatable bonds is 5. The lowest BCUT2D eigenvalue weighted by Crippen LogP contribution is -2.30. The largest absolute Gasteiger partial charge is 0.480 e. The Hall–Kier alpha value is -2.11. The van der Waals surface area contributed by atoms with Crippen molar-refractivity contribution < 1.29 is 9.90 Å². The number of aromatic nitrogens is 3. The first-order chi connectivity index (χ1) is 9.40. The molecule has 0 aliphatic carbocycles. The van der Waals surface area contributed by atoms with E-state index in [1.807, 2.05) is 27.8 Å². The molecule has 2 N–H and O–H groups in total. The summed E-state index contributed by atoms with van der Waals surface area (Å²) in [7, 11) is 1.83. The molecule has 0 saturated heterocycles. The van der Waals surface area contributed by atoms with Gasteiger partial charge in [-0.3, -0.25) is 4.68 Å².